The highest BCUT2D eigenvalue weighted by Crippen LogP contribution is 2.34. The van der Waals surface area contributed by atoms with Crippen molar-refractivity contribution in [2.75, 3.05) is 19.3 Å². The Morgan fingerprint density at radius 1 is 0.926 bits per heavy atom. The van der Waals surface area contributed by atoms with Gasteiger partial charge in [0.1, 0.15) is 17.5 Å². The second-order valence-electron chi connectivity index (χ2n) is 6.62. The quantitative estimate of drug-likeness (QED) is 0.750. The molecule has 0 radical (unpaired) electrons. The number of halogens is 2. The fourth-order valence-electron chi connectivity index (χ4n) is 3.31. The van der Waals surface area contributed by atoms with Gasteiger partial charge in [-0.25, -0.2) is 8.78 Å². The summed E-state index contributed by atoms with van der Waals surface area (Å²) in [5.74, 6) is -0.336. The molecular weight excluding hydrogens is 346 g/mol. The minimum atomic E-state index is -0.326. The third-order valence-electron chi connectivity index (χ3n) is 4.68. The van der Waals surface area contributed by atoms with Crippen LogP contribution in [-0.4, -0.2) is 28.7 Å². The molecule has 1 aromatic heterocycles. The van der Waals surface area contributed by atoms with Crippen LogP contribution in [0.15, 0.2) is 54.6 Å². The molecule has 0 spiro atoms. The van der Waals surface area contributed by atoms with E-state index < -0.39 is 0 Å². The molecule has 2 heterocycles. The average Bonchev–Trinajstić information content (AvgIpc) is 2.83. The molecule has 0 amide bonds. The van der Waals surface area contributed by atoms with E-state index in [2.05, 4.69) is 10.2 Å². The number of benzene rings is 2. The zero-order valence-electron chi connectivity index (χ0n) is 14.8. The van der Waals surface area contributed by atoms with Crippen LogP contribution in [-0.2, 0) is 6.54 Å². The lowest BCUT2D eigenvalue weighted by Crippen LogP contribution is -2.17. The Bertz CT molecular complexity index is 1010. The normalized spacial score (nSPS) is 14.4. The summed E-state index contributed by atoms with van der Waals surface area (Å²) >= 11 is 0. The van der Waals surface area contributed by atoms with E-state index >= 15 is 4.39 Å². The predicted molar refractivity (Wildman–Crippen MR) is 102 cm³/mol. The van der Waals surface area contributed by atoms with Gasteiger partial charge >= 0.3 is 0 Å². The number of nitrogens with two attached hydrogens (primary N) is 1. The average molecular weight is 364 g/mol. The summed E-state index contributed by atoms with van der Waals surface area (Å²) in [6.45, 7) is 1.12. The highest BCUT2D eigenvalue weighted by atomic mass is 19.1. The summed E-state index contributed by atoms with van der Waals surface area (Å²) in [6.07, 6.45) is 2.04. The van der Waals surface area contributed by atoms with Crippen molar-refractivity contribution in [2.24, 2.45) is 0 Å². The van der Waals surface area contributed by atoms with E-state index in [4.69, 9.17) is 5.73 Å². The third kappa shape index (κ3) is 3.31. The van der Waals surface area contributed by atoms with E-state index in [9.17, 15) is 4.39 Å². The Labute approximate surface area is 156 Å². The molecule has 3 aromatic rings. The van der Waals surface area contributed by atoms with Crippen molar-refractivity contribution >= 4 is 11.4 Å². The van der Waals surface area contributed by atoms with Gasteiger partial charge in [-0.15, -0.1) is 10.2 Å². The number of fused-ring (bicyclic) bond motifs is 1. The third-order valence-corrected chi connectivity index (χ3v) is 4.68. The highest BCUT2D eigenvalue weighted by molar-refractivity contribution is 5.83. The van der Waals surface area contributed by atoms with E-state index in [1.807, 2.05) is 24.1 Å². The van der Waals surface area contributed by atoms with E-state index in [-0.39, 0.29) is 17.5 Å². The van der Waals surface area contributed by atoms with E-state index in [1.54, 1.807) is 30.3 Å². The molecule has 0 atom stereocenters. The summed E-state index contributed by atoms with van der Waals surface area (Å²) < 4.78 is 28.8. The Balaban J connectivity index is 1.86. The van der Waals surface area contributed by atoms with Gasteiger partial charge in [0.05, 0.1) is 5.69 Å². The SMILES string of the molecule is CN1CC=C(c2ccc(F)cc2)c2ccc(-c3ccc(N)nn3)c(F)c2C1. The first-order chi connectivity index (χ1) is 13.0. The van der Waals surface area contributed by atoms with Crippen LogP contribution in [0.5, 0.6) is 0 Å². The van der Waals surface area contributed by atoms with Gasteiger partial charge in [0.25, 0.3) is 0 Å². The van der Waals surface area contributed by atoms with E-state index in [0.717, 1.165) is 16.7 Å². The standard InChI is InChI=1S/C21H18F2N4/c1-27-11-10-15(13-2-4-14(22)5-3-13)16-6-7-17(21(23)18(16)12-27)19-8-9-20(24)26-25-19/h2-10H,11-12H2,1H3,(H2,24,26). The van der Waals surface area contributed by atoms with Gasteiger partial charge in [0.2, 0.25) is 0 Å². The molecule has 1 aliphatic heterocycles. The van der Waals surface area contributed by atoms with Gasteiger partial charge in [-0.2, -0.15) is 0 Å². The first kappa shape index (κ1) is 17.3. The maximum Gasteiger partial charge on any atom is 0.146 e. The maximum absolute atomic E-state index is 15.4. The number of nitrogen functional groups attached to an aromatic ring is 1. The van der Waals surface area contributed by atoms with E-state index in [0.29, 0.717) is 29.9 Å². The Kier molecular flexibility index (Phi) is 4.41. The van der Waals surface area contributed by atoms with Crippen LogP contribution in [0.2, 0.25) is 0 Å². The van der Waals surface area contributed by atoms with Crippen LogP contribution in [0.4, 0.5) is 14.6 Å². The molecule has 6 heteroatoms. The number of anilines is 1. The minimum absolute atomic E-state index is 0.287. The highest BCUT2D eigenvalue weighted by Gasteiger charge is 2.22. The fourth-order valence-corrected chi connectivity index (χ4v) is 3.31. The monoisotopic (exact) mass is 364 g/mol. The van der Waals surface area contributed by atoms with Crippen molar-refractivity contribution in [3.63, 3.8) is 0 Å². The molecule has 4 rings (SSSR count). The molecule has 136 valence electrons. The van der Waals surface area contributed by atoms with Crippen molar-refractivity contribution in [1.29, 1.82) is 0 Å². The maximum atomic E-state index is 15.4. The zero-order chi connectivity index (χ0) is 19.0. The Morgan fingerprint density at radius 3 is 2.37 bits per heavy atom. The number of aromatic nitrogens is 2. The van der Waals surface area contributed by atoms with Crippen molar-refractivity contribution in [2.45, 2.75) is 6.54 Å². The molecule has 0 fully saturated rings. The van der Waals surface area contributed by atoms with Crippen molar-refractivity contribution in [1.82, 2.24) is 15.1 Å². The zero-order valence-corrected chi connectivity index (χ0v) is 14.8. The second kappa shape index (κ2) is 6.89. The van der Waals surface area contributed by atoms with Gasteiger partial charge in [-0.05, 0) is 54.1 Å². The lowest BCUT2D eigenvalue weighted by Gasteiger charge is -2.17. The van der Waals surface area contributed by atoms with Gasteiger partial charge in [0.15, 0.2) is 0 Å². The second-order valence-corrected chi connectivity index (χ2v) is 6.62. The lowest BCUT2D eigenvalue weighted by molar-refractivity contribution is 0.358. The molecular formula is C21H18F2N4. The fraction of sp³-hybridized carbons (Fsp3) is 0.143. The smallest absolute Gasteiger partial charge is 0.146 e. The summed E-state index contributed by atoms with van der Waals surface area (Å²) in [5, 5.41) is 7.82. The number of likely N-dealkylation sites (N-methyl/N-ethyl adjacent to an activating group) is 1. The summed E-state index contributed by atoms with van der Waals surface area (Å²) in [5.41, 5.74) is 9.53. The first-order valence-electron chi connectivity index (χ1n) is 8.59. The van der Waals surface area contributed by atoms with Crippen LogP contribution in [0.1, 0.15) is 16.7 Å². The summed E-state index contributed by atoms with van der Waals surface area (Å²) in [4.78, 5) is 2.02. The van der Waals surface area contributed by atoms with Crippen LogP contribution >= 0.6 is 0 Å². The molecule has 2 aromatic carbocycles. The predicted octanol–water partition coefficient (Wildman–Crippen LogP) is 3.88. The number of hydrogen-bond acceptors (Lipinski definition) is 4. The topological polar surface area (TPSA) is 55.0 Å². The lowest BCUT2D eigenvalue weighted by atomic mass is 9.91. The summed E-state index contributed by atoms with van der Waals surface area (Å²) in [7, 11) is 1.93. The minimum Gasteiger partial charge on any atom is -0.382 e. The first-order valence-corrected chi connectivity index (χ1v) is 8.59. The number of nitrogens with zero attached hydrogens (tertiary/aromatic N) is 3. The van der Waals surface area contributed by atoms with Crippen LogP contribution in [0.3, 0.4) is 0 Å². The molecule has 4 nitrogen and oxygen atoms in total. The van der Waals surface area contributed by atoms with Crippen LogP contribution < -0.4 is 5.73 Å². The molecule has 1 aliphatic rings. The number of rotatable bonds is 2. The van der Waals surface area contributed by atoms with E-state index in [1.165, 1.54) is 12.1 Å². The van der Waals surface area contributed by atoms with Crippen molar-refractivity contribution < 1.29 is 8.78 Å². The molecule has 2 N–H and O–H groups in total. The molecule has 0 saturated heterocycles. The van der Waals surface area contributed by atoms with Crippen molar-refractivity contribution in [3.8, 4) is 11.3 Å². The van der Waals surface area contributed by atoms with Crippen LogP contribution in [0.25, 0.3) is 16.8 Å². The van der Waals surface area contributed by atoms with Gasteiger partial charge in [0, 0.05) is 24.2 Å². The van der Waals surface area contributed by atoms with Crippen molar-refractivity contribution in [3.05, 3.63) is 82.9 Å². The van der Waals surface area contributed by atoms with Crippen LogP contribution in [0, 0.1) is 11.6 Å². The molecule has 0 unspecified atom stereocenters. The molecule has 0 bridgehead atoms. The molecule has 27 heavy (non-hydrogen) atoms. The Morgan fingerprint density at radius 2 is 1.67 bits per heavy atom. The Hall–Kier alpha value is -3.12. The number of hydrogen-bond donors (Lipinski definition) is 1. The molecule has 0 aliphatic carbocycles. The largest absolute Gasteiger partial charge is 0.382 e. The van der Waals surface area contributed by atoms with Gasteiger partial charge in [-0.1, -0.05) is 24.3 Å². The summed E-state index contributed by atoms with van der Waals surface area (Å²) in [6, 6.07) is 13.1. The molecule has 0 saturated carbocycles. The van der Waals surface area contributed by atoms with Gasteiger partial charge < -0.3 is 5.73 Å². The van der Waals surface area contributed by atoms with Gasteiger partial charge in [-0.3, -0.25) is 4.90 Å².